The lowest BCUT2D eigenvalue weighted by molar-refractivity contribution is 0.0714. The Morgan fingerprint density at radius 1 is 1.11 bits per heavy atom. The highest BCUT2D eigenvalue weighted by molar-refractivity contribution is 7.98. The van der Waals surface area contributed by atoms with Gasteiger partial charge in [-0.1, -0.05) is 42.1 Å². The van der Waals surface area contributed by atoms with E-state index in [9.17, 15) is 4.79 Å². The number of aromatic amines is 1. The summed E-state index contributed by atoms with van der Waals surface area (Å²) < 4.78 is 0. The van der Waals surface area contributed by atoms with Gasteiger partial charge in [0.1, 0.15) is 0 Å². The number of rotatable bonds is 4. The molecule has 1 saturated heterocycles. The molecule has 150 valence electrons. The molecule has 2 heterocycles. The summed E-state index contributed by atoms with van der Waals surface area (Å²) in [6.45, 7) is 1.48. The molecule has 0 aliphatic carbocycles. The molecule has 8 heteroatoms. The van der Waals surface area contributed by atoms with Crippen molar-refractivity contribution in [1.29, 1.82) is 0 Å². The number of fused-ring (bicyclic) bond motifs is 1. The molecule has 1 aromatic heterocycles. The van der Waals surface area contributed by atoms with E-state index >= 15 is 0 Å². The van der Waals surface area contributed by atoms with E-state index in [0.717, 1.165) is 53.2 Å². The monoisotopic (exact) mass is 438 g/mol. The Balaban J connectivity index is 0.00000140. The van der Waals surface area contributed by atoms with Crippen LogP contribution in [-0.4, -0.2) is 39.9 Å². The fraction of sp³-hybridized carbons (Fsp3) is 0.300. The number of hydrogen-bond donors (Lipinski definition) is 2. The summed E-state index contributed by atoms with van der Waals surface area (Å²) in [4.78, 5) is 22.8. The number of para-hydroxylation sites is 2. The van der Waals surface area contributed by atoms with Gasteiger partial charge in [-0.05, 0) is 36.6 Å². The third-order valence-corrected chi connectivity index (χ3v) is 5.73. The van der Waals surface area contributed by atoms with Gasteiger partial charge in [-0.15, -0.1) is 24.8 Å². The van der Waals surface area contributed by atoms with Gasteiger partial charge in [0, 0.05) is 30.4 Å². The van der Waals surface area contributed by atoms with Crippen molar-refractivity contribution in [2.24, 2.45) is 5.73 Å². The number of nitrogens with zero attached hydrogens (tertiary/aromatic N) is 2. The second kappa shape index (κ2) is 10.2. The smallest absolute Gasteiger partial charge is 0.254 e. The molecule has 1 aliphatic heterocycles. The van der Waals surface area contributed by atoms with E-state index in [0.29, 0.717) is 5.75 Å². The van der Waals surface area contributed by atoms with Gasteiger partial charge in [-0.3, -0.25) is 4.79 Å². The lowest BCUT2D eigenvalue weighted by atomic mass is 10.0. The number of nitrogens with two attached hydrogens (primary N) is 1. The molecule has 1 aliphatic rings. The first-order valence-electron chi connectivity index (χ1n) is 8.91. The minimum atomic E-state index is 0. The molecule has 4 rings (SSSR count). The maximum absolute atomic E-state index is 12.9. The van der Waals surface area contributed by atoms with Crippen molar-refractivity contribution in [2.45, 2.75) is 29.8 Å². The summed E-state index contributed by atoms with van der Waals surface area (Å²) in [5, 5.41) is 0.873. The van der Waals surface area contributed by atoms with Crippen LogP contribution in [0.3, 0.4) is 0 Å². The fourth-order valence-corrected chi connectivity index (χ4v) is 4.16. The average Bonchev–Trinajstić information content (AvgIpc) is 3.10. The zero-order valence-corrected chi connectivity index (χ0v) is 17.8. The fourth-order valence-electron chi connectivity index (χ4n) is 3.27. The Bertz CT molecular complexity index is 892. The highest BCUT2D eigenvalue weighted by Crippen LogP contribution is 2.25. The zero-order chi connectivity index (χ0) is 17.9. The summed E-state index contributed by atoms with van der Waals surface area (Å²) in [5.74, 6) is 0.812. The van der Waals surface area contributed by atoms with Gasteiger partial charge in [0.05, 0.1) is 11.0 Å². The summed E-state index contributed by atoms with van der Waals surface area (Å²) in [5.41, 5.74) is 9.78. The van der Waals surface area contributed by atoms with E-state index in [2.05, 4.69) is 9.97 Å². The molecule has 5 nitrogen and oxygen atoms in total. The van der Waals surface area contributed by atoms with Crippen LogP contribution in [0.15, 0.2) is 53.7 Å². The predicted octanol–water partition coefficient (Wildman–Crippen LogP) is 4.26. The number of hydrogen-bond acceptors (Lipinski definition) is 4. The summed E-state index contributed by atoms with van der Waals surface area (Å²) in [6.07, 6.45) is 1.75. The number of piperidine rings is 1. The number of amides is 1. The van der Waals surface area contributed by atoms with E-state index in [1.54, 1.807) is 11.8 Å². The maximum Gasteiger partial charge on any atom is 0.254 e. The quantitative estimate of drug-likeness (QED) is 0.596. The van der Waals surface area contributed by atoms with Gasteiger partial charge < -0.3 is 15.6 Å². The van der Waals surface area contributed by atoms with E-state index in [1.807, 2.05) is 53.4 Å². The van der Waals surface area contributed by atoms with Gasteiger partial charge in [0.25, 0.3) is 5.91 Å². The third kappa shape index (κ3) is 5.00. The number of benzene rings is 2. The molecular formula is C20H24Cl2N4OS. The molecule has 3 N–H and O–H groups in total. The van der Waals surface area contributed by atoms with Gasteiger partial charge >= 0.3 is 0 Å². The number of aromatic nitrogens is 2. The van der Waals surface area contributed by atoms with Gasteiger partial charge in [0.15, 0.2) is 5.16 Å². The molecule has 0 saturated carbocycles. The standard InChI is InChI=1S/C20H22N4OS.2ClH/c21-15-9-11-24(12-10-15)19(25)16-6-2-1-5-14(16)13-26-20-22-17-7-3-4-8-18(17)23-20;;/h1-8,15H,9-13,21H2,(H,22,23);2*1H. The molecular weight excluding hydrogens is 415 g/mol. The van der Waals surface area contributed by atoms with Crippen molar-refractivity contribution in [3.05, 3.63) is 59.7 Å². The van der Waals surface area contributed by atoms with Crippen molar-refractivity contribution in [3.8, 4) is 0 Å². The first-order valence-corrected chi connectivity index (χ1v) is 9.89. The van der Waals surface area contributed by atoms with E-state index in [4.69, 9.17) is 5.73 Å². The van der Waals surface area contributed by atoms with E-state index < -0.39 is 0 Å². The zero-order valence-electron chi connectivity index (χ0n) is 15.3. The second-order valence-corrected chi connectivity index (χ2v) is 7.60. The van der Waals surface area contributed by atoms with Crippen LogP contribution in [-0.2, 0) is 5.75 Å². The number of carbonyl (C=O) groups excluding carboxylic acids is 1. The van der Waals surface area contributed by atoms with Gasteiger partial charge in [-0.2, -0.15) is 0 Å². The highest BCUT2D eigenvalue weighted by atomic mass is 35.5. The predicted molar refractivity (Wildman–Crippen MR) is 120 cm³/mol. The molecule has 1 amide bonds. The lowest BCUT2D eigenvalue weighted by Gasteiger charge is -2.30. The molecule has 1 fully saturated rings. The number of carbonyl (C=O) groups is 1. The molecule has 0 bridgehead atoms. The van der Waals surface area contributed by atoms with Crippen molar-refractivity contribution in [1.82, 2.24) is 14.9 Å². The molecule has 3 aromatic rings. The topological polar surface area (TPSA) is 75.0 Å². The number of likely N-dealkylation sites (tertiary alicyclic amines) is 1. The number of H-pyrrole nitrogens is 1. The number of halogens is 2. The Morgan fingerprint density at radius 3 is 2.54 bits per heavy atom. The van der Waals surface area contributed by atoms with Crippen LogP contribution >= 0.6 is 36.6 Å². The van der Waals surface area contributed by atoms with Crippen molar-refractivity contribution in [3.63, 3.8) is 0 Å². The third-order valence-electron chi connectivity index (χ3n) is 4.81. The van der Waals surface area contributed by atoms with Crippen molar-refractivity contribution >= 4 is 53.5 Å². The van der Waals surface area contributed by atoms with Crippen LogP contribution in [0.5, 0.6) is 0 Å². The Labute approximate surface area is 181 Å². The first kappa shape index (κ1) is 22.6. The normalized spacial score (nSPS) is 14.4. The van der Waals surface area contributed by atoms with Crippen LogP contribution < -0.4 is 5.73 Å². The largest absolute Gasteiger partial charge is 0.339 e. The van der Waals surface area contributed by atoms with Gasteiger partial charge in [-0.25, -0.2) is 4.98 Å². The molecule has 0 unspecified atom stereocenters. The van der Waals surface area contributed by atoms with Crippen LogP contribution in [0.2, 0.25) is 0 Å². The molecule has 28 heavy (non-hydrogen) atoms. The summed E-state index contributed by atoms with van der Waals surface area (Å²) in [7, 11) is 0. The number of thioether (sulfide) groups is 1. The molecule has 0 radical (unpaired) electrons. The van der Waals surface area contributed by atoms with E-state index in [-0.39, 0.29) is 36.8 Å². The van der Waals surface area contributed by atoms with E-state index in [1.165, 1.54) is 0 Å². The Kier molecular flexibility index (Phi) is 8.19. The van der Waals surface area contributed by atoms with Crippen LogP contribution in [0.25, 0.3) is 11.0 Å². The average molecular weight is 439 g/mol. The molecule has 2 aromatic carbocycles. The number of nitrogens with one attached hydrogen (secondary N) is 1. The maximum atomic E-state index is 12.9. The Hall–Kier alpha value is -1.73. The Morgan fingerprint density at radius 2 is 1.79 bits per heavy atom. The molecule has 0 atom stereocenters. The lowest BCUT2D eigenvalue weighted by Crippen LogP contribution is -2.43. The van der Waals surface area contributed by atoms with Crippen molar-refractivity contribution < 1.29 is 4.79 Å². The van der Waals surface area contributed by atoms with Crippen LogP contribution in [0.1, 0.15) is 28.8 Å². The minimum Gasteiger partial charge on any atom is -0.339 e. The molecule has 0 spiro atoms. The van der Waals surface area contributed by atoms with Crippen LogP contribution in [0, 0.1) is 0 Å². The second-order valence-electron chi connectivity index (χ2n) is 6.63. The van der Waals surface area contributed by atoms with Gasteiger partial charge in [0.2, 0.25) is 0 Å². The minimum absolute atomic E-state index is 0. The highest BCUT2D eigenvalue weighted by Gasteiger charge is 2.23. The summed E-state index contributed by atoms with van der Waals surface area (Å²) in [6, 6.07) is 16.1. The first-order chi connectivity index (χ1) is 12.7. The van der Waals surface area contributed by atoms with Crippen LogP contribution in [0.4, 0.5) is 0 Å². The number of imidazole rings is 1. The SMILES string of the molecule is Cl.Cl.NC1CCN(C(=O)c2ccccc2CSc2nc3ccccc3[nH]2)CC1. The summed E-state index contributed by atoms with van der Waals surface area (Å²) >= 11 is 1.62. The van der Waals surface area contributed by atoms with Crippen molar-refractivity contribution in [2.75, 3.05) is 13.1 Å².